The van der Waals surface area contributed by atoms with Gasteiger partial charge in [0.05, 0.1) is 0 Å². The second kappa shape index (κ2) is 4.52. The van der Waals surface area contributed by atoms with E-state index in [0.717, 1.165) is 5.01 Å². The molecule has 1 aromatic rings. The van der Waals surface area contributed by atoms with Crippen molar-refractivity contribution in [2.24, 2.45) is 5.10 Å². The van der Waals surface area contributed by atoms with Crippen molar-refractivity contribution in [2.45, 2.75) is 26.7 Å². The SMILES string of the molecule is Cc1cc(N2N=C(C(=O)O)CCC2=O)nc(C)n1. The van der Waals surface area contributed by atoms with Crippen LogP contribution in [-0.4, -0.2) is 32.7 Å². The number of hydrogen-bond donors (Lipinski definition) is 1. The van der Waals surface area contributed by atoms with Crippen molar-refractivity contribution in [1.29, 1.82) is 0 Å². The highest BCUT2D eigenvalue weighted by Crippen LogP contribution is 2.18. The van der Waals surface area contributed by atoms with Crippen LogP contribution in [0.4, 0.5) is 5.82 Å². The summed E-state index contributed by atoms with van der Waals surface area (Å²) in [5, 5.41) is 13.8. The van der Waals surface area contributed by atoms with E-state index >= 15 is 0 Å². The number of carboxylic acid groups (broad SMARTS) is 1. The second-order valence-corrected chi connectivity index (χ2v) is 3.97. The predicted molar refractivity (Wildman–Crippen MR) is 63.3 cm³/mol. The Balaban J connectivity index is 2.44. The molecular formula is C11H12N4O3. The third kappa shape index (κ3) is 2.34. The number of aromatic nitrogens is 2. The molecule has 1 aromatic heterocycles. The molecule has 94 valence electrons. The quantitative estimate of drug-likeness (QED) is 0.829. The smallest absolute Gasteiger partial charge is 0.352 e. The molecule has 0 bridgehead atoms. The standard InChI is InChI=1S/C11H12N4O3/c1-6-5-9(13-7(2)12-6)15-10(16)4-3-8(14-15)11(17)18/h5H,3-4H2,1-2H3,(H,17,18). The van der Waals surface area contributed by atoms with Gasteiger partial charge in [0, 0.05) is 24.6 Å². The summed E-state index contributed by atoms with van der Waals surface area (Å²) in [6.07, 6.45) is 0.265. The van der Waals surface area contributed by atoms with Crippen molar-refractivity contribution in [3.05, 3.63) is 17.6 Å². The minimum Gasteiger partial charge on any atom is -0.477 e. The van der Waals surface area contributed by atoms with Gasteiger partial charge in [-0.15, -0.1) is 0 Å². The van der Waals surface area contributed by atoms with Gasteiger partial charge in [-0.3, -0.25) is 4.79 Å². The molecule has 0 saturated carbocycles. The fourth-order valence-electron chi connectivity index (χ4n) is 1.69. The minimum atomic E-state index is -1.12. The Hall–Kier alpha value is -2.31. The van der Waals surface area contributed by atoms with Gasteiger partial charge in [-0.1, -0.05) is 0 Å². The Morgan fingerprint density at radius 1 is 1.33 bits per heavy atom. The Morgan fingerprint density at radius 2 is 2.06 bits per heavy atom. The van der Waals surface area contributed by atoms with Crippen LogP contribution in [0.1, 0.15) is 24.4 Å². The van der Waals surface area contributed by atoms with Gasteiger partial charge in [0.25, 0.3) is 0 Å². The lowest BCUT2D eigenvalue weighted by Gasteiger charge is -2.21. The number of hydrazone groups is 1. The first kappa shape index (κ1) is 12.2. The molecule has 1 N–H and O–H groups in total. The number of hydrogen-bond acceptors (Lipinski definition) is 5. The van der Waals surface area contributed by atoms with E-state index in [4.69, 9.17) is 5.11 Å². The Labute approximate surface area is 103 Å². The summed E-state index contributed by atoms with van der Waals surface area (Å²) in [6.45, 7) is 3.47. The molecule has 0 aliphatic carbocycles. The molecule has 0 aromatic carbocycles. The van der Waals surface area contributed by atoms with Gasteiger partial charge in [0.2, 0.25) is 5.91 Å². The summed E-state index contributed by atoms with van der Waals surface area (Å²) < 4.78 is 0. The fourth-order valence-corrected chi connectivity index (χ4v) is 1.69. The van der Waals surface area contributed by atoms with Gasteiger partial charge in [0.1, 0.15) is 11.5 Å². The maximum absolute atomic E-state index is 11.8. The normalized spacial score (nSPS) is 15.6. The minimum absolute atomic E-state index is 0.0384. The zero-order valence-corrected chi connectivity index (χ0v) is 10.0. The maximum atomic E-state index is 11.8. The summed E-state index contributed by atoms with van der Waals surface area (Å²) in [4.78, 5) is 30.8. The molecule has 0 fully saturated rings. The number of amides is 1. The van der Waals surface area contributed by atoms with E-state index in [1.165, 1.54) is 0 Å². The fraction of sp³-hybridized carbons (Fsp3) is 0.364. The third-order valence-electron chi connectivity index (χ3n) is 2.45. The summed E-state index contributed by atoms with van der Waals surface area (Å²) in [5.74, 6) is -0.564. The molecule has 0 saturated heterocycles. The van der Waals surface area contributed by atoms with Crippen molar-refractivity contribution < 1.29 is 14.7 Å². The van der Waals surface area contributed by atoms with Crippen LogP contribution in [0.25, 0.3) is 0 Å². The molecule has 18 heavy (non-hydrogen) atoms. The van der Waals surface area contributed by atoms with Crippen LogP contribution in [0, 0.1) is 13.8 Å². The summed E-state index contributed by atoms with van der Waals surface area (Å²) in [6, 6.07) is 1.60. The largest absolute Gasteiger partial charge is 0.477 e. The van der Waals surface area contributed by atoms with Crippen molar-refractivity contribution in [2.75, 3.05) is 5.01 Å². The number of aryl methyl sites for hydroxylation is 2. The van der Waals surface area contributed by atoms with Crippen LogP contribution in [-0.2, 0) is 9.59 Å². The van der Waals surface area contributed by atoms with Gasteiger partial charge in [-0.05, 0) is 13.8 Å². The lowest BCUT2D eigenvalue weighted by molar-refractivity contribution is -0.129. The zero-order valence-electron chi connectivity index (χ0n) is 10.0. The molecule has 2 heterocycles. The van der Waals surface area contributed by atoms with Crippen LogP contribution >= 0.6 is 0 Å². The maximum Gasteiger partial charge on any atom is 0.352 e. The van der Waals surface area contributed by atoms with Crippen molar-refractivity contribution >= 4 is 23.4 Å². The highest BCUT2D eigenvalue weighted by molar-refractivity contribution is 6.37. The predicted octanol–water partition coefficient (Wildman–Crippen LogP) is 0.661. The van der Waals surface area contributed by atoms with E-state index < -0.39 is 5.97 Å². The average Bonchev–Trinajstić information content (AvgIpc) is 2.27. The number of anilines is 1. The summed E-state index contributed by atoms with van der Waals surface area (Å²) in [7, 11) is 0. The number of aliphatic carboxylic acids is 1. The summed E-state index contributed by atoms with van der Waals surface area (Å²) in [5.41, 5.74) is 0.659. The molecule has 7 heteroatoms. The van der Waals surface area contributed by atoms with E-state index in [1.54, 1.807) is 19.9 Å². The number of carbonyl (C=O) groups excluding carboxylic acids is 1. The van der Waals surface area contributed by atoms with Crippen LogP contribution < -0.4 is 5.01 Å². The first-order chi connectivity index (χ1) is 8.47. The number of nitrogens with zero attached hydrogens (tertiary/aromatic N) is 4. The van der Waals surface area contributed by atoms with Gasteiger partial charge < -0.3 is 5.11 Å². The van der Waals surface area contributed by atoms with E-state index in [1.807, 2.05) is 0 Å². The lowest BCUT2D eigenvalue weighted by atomic mass is 10.1. The topological polar surface area (TPSA) is 95.8 Å². The molecule has 0 unspecified atom stereocenters. The molecule has 0 spiro atoms. The number of carbonyl (C=O) groups is 2. The molecule has 2 rings (SSSR count). The van der Waals surface area contributed by atoms with Gasteiger partial charge in [-0.25, -0.2) is 14.8 Å². The molecule has 1 amide bonds. The van der Waals surface area contributed by atoms with Crippen LogP contribution in [0.5, 0.6) is 0 Å². The monoisotopic (exact) mass is 248 g/mol. The molecule has 1 aliphatic rings. The third-order valence-corrected chi connectivity index (χ3v) is 2.45. The van der Waals surface area contributed by atoms with Crippen molar-refractivity contribution in [3.8, 4) is 0 Å². The van der Waals surface area contributed by atoms with Crippen molar-refractivity contribution in [3.63, 3.8) is 0 Å². The van der Waals surface area contributed by atoms with E-state index in [0.29, 0.717) is 17.3 Å². The lowest BCUT2D eigenvalue weighted by Crippen LogP contribution is -2.34. The zero-order chi connectivity index (χ0) is 13.3. The van der Waals surface area contributed by atoms with Gasteiger partial charge in [-0.2, -0.15) is 10.1 Å². The van der Waals surface area contributed by atoms with Crippen LogP contribution in [0.2, 0.25) is 0 Å². The first-order valence-electron chi connectivity index (χ1n) is 5.43. The molecule has 1 aliphatic heterocycles. The Bertz CT molecular complexity index is 533. The Morgan fingerprint density at radius 3 is 2.67 bits per heavy atom. The number of carboxylic acids is 1. The average molecular weight is 248 g/mol. The van der Waals surface area contributed by atoms with Crippen molar-refractivity contribution in [1.82, 2.24) is 9.97 Å². The Kier molecular flexibility index (Phi) is 3.05. The van der Waals surface area contributed by atoms with E-state index in [9.17, 15) is 9.59 Å². The van der Waals surface area contributed by atoms with Gasteiger partial charge >= 0.3 is 5.97 Å². The second-order valence-electron chi connectivity index (χ2n) is 3.97. The number of rotatable bonds is 2. The molecule has 0 radical (unpaired) electrons. The molecule has 7 nitrogen and oxygen atoms in total. The first-order valence-corrected chi connectivity index (χ1v) is 5.43. The van der Waals surface area contributed by atoms with Crippen LogP contribution in [0.3, 0.4) is 0 Å². The van der Waals surface area contributed by atoms with E-state index in [-0.39, 0.29) is 24.5 Å². The van der Waals surface area contributed by atoms with Crippen LogP contribution in [0.15, 0.2) is 11.2 Å². The summed E-state index contributed by atoms with van der Waals surface area (Å²) >= 11 is 0. The highest BCUT2D eigenvalue weighted by Gasteiger charge is 2.26. The van der Waals surface area contributed by atoms with Gasteiger partial charge in [0.15, 0.2) is 5.82 Å². The molecular weight excluding hydrogens is 236 g/mol. The van der Waals surface area contributed by atoms with E-state index in [2.05, 4.69) is 15.1 Å². The highest BCUT2D eigenvalue weighted by atomic mass is 16.4. The molecule has 0 atom stereocenters.